The molecule has 10 heteroatoms. The van der Waals surface area contributed by atoms with Crippen molar-refractivity contribution in [2.75, 3.05) is 28.4 Å². The van der Waals surface area contributed by atoms with Crippen LogP contribution in [0.25, 0.3) is 107 Å². The lowest BCUT2D eigenvalue weighted by atomic mass is 9.97. The van der Waals surface area contributed by atoms with E-state index in [4.69, 9.17) is 33.9 Å². The Morgan fingerprint density at radius 2 is 0.797 bits per heavy atom. The third-order valence-corrected chi connectivity index (χ3v) is 13.0. The number of fused-ring (bicyclic) bond motifs is 11. The molecule has 12 rings (SSSR count). The minimum atomic E-state index is 0.749. The number of methoxy groups -OCH3 is 4. The van der Waals surface area contributed by atoms with Gasteiger partial charge in [-0.3, -0.25) is 0 Å². The molecule has 5 aromatic carbocycles. The van der Waals surface area contributed by atoms with Crippen LogP contribution < -0.4 is 18.9 Å². The largest absolute Gasteiger partial charge is 0.497 e. The van der Waals surface area contributed by atoms with Gasteiger partial charge >= 0.3 is 0 Å². The number of benzene rings is 5. The molecule has 0 aliphatic carbocycles. The number of nitrogens with one attached hydrogen (secondary N) is 2. The number of para-hydroxylation sites is 2. The second kappa shape index (κ2) is 16.9. The minimum Gasteiger partial charge on any atom is -0.497 e. The summed E-state index contributed by atoms with van der Waals surface area (Å²) in [5.41, 5.74) is 18.6. The molecule has 0 fully saturated rings. The first-order valence-corrected chi connectivity index (χ1v) is 22.6. The van der Waals surface area contributed by atoms with Gasteiger partial charge in [0.25, 0.3) is 0 Å². The van der Waals surface area contributed by atoms with E-state index in [-0.39, 0.29) is 0 Å². The van der Waals surface area contributed by atoms with Crippen molar-refractivity contribution in [2.24, 2.45) is 0 Å². The number of rotatable bonds is 9. The molecule has 0 atom stereocenters. The van der Waals surface area contributed by atoms with Crippen LogP contribution >= 0.6 is 0 Å². The number of ether oxygens (including phenoxy) is 4. The molecule has 7 heterocycles. The molecule has 0 saturated carbocycles. The lowest BCUT2D eigenvalue weighted by Gasteiger charge is -2.12. The Labute approximate surface area is 397 Å². The van der Waals surface area contributed by atoms with Gasteiger partial charge in [-0.05, 0) is 138 Å². The molecule has 0 saturated heterocycles. The van der Waals surface area contributed by atoms with E-state index in [1.54, 1.807) is 28.4 Å². The van der Waals surface area contributed by atoms with Gasteiger partial charge in [-0.25, -0.2) is 15.0 Å². The molecule has 0 unspecified atom stereocenters. The standard InChI is InChI=1S/C59H44N6O4/c1-66-39-19-11-35(12-20-39)54-45-27-28-46(60-45)55(36-13-21-40(67-2)22-14-36)48-31-32-50(62-48)57(38-17-25-42(69-4)26-18-38)59-43(58-53-10-7-33-65(53)52-9-6-5-8-44(52)63-58)34-51(64-59)56(49-30-29-47(54)61-49)37-15-23-41(68-3)24-16-37/h5-34,61-62H,1-4H3. The maximum absolute atomic E-state index is 5.78. The van der Waals surface area contributed by atoms with Crippen LogP contribution in [0.15, 0.2) is 164 Å². The first-order chi connectivity index (χ1) is 34.0. The van der Waals surface area contributed by atoms with Gasteiger partial charge in [-0.15, -0.1) is 0 Å². The number of H-pyrrole nitrogens is 2. The maximum Gasteiger partial charge on any atom is 0.118 e. The van der Waals surface area contributed by atoms with Crippen LogP contribution in [0.5, 0.6) is 23.0 Å². The molecule has 8 bridgehead atoms. The van der Waals surface area contributed by atoms with E-state index in [2.05, 4.69) is 136 Å². The summed E-state index contributed by atoms with van der Waals surface area (Å²) >= 11 is 0. The number of nitrogens with zero attached hydrogens (tertiary/aromatic N) is 4. The maximum atomic E-state index is 5.78. The fourth-order valence-electron chi connectivity index (χ4n) is 9.63. The van der Waals surface area contributed by atoms with E-state index in [1.807, 2.05) is 60.7 Å². The van der Waals surface area contributed by atoms with Crippen LogP contribution in [-0.4, -0.2) is 57.8 Å². The summed E-state index contributed by atoms with van der Waals surface area (Å²) in [4.78, 5) is 24.5. The van der Waals surface area contributed by atoms with Crippen LogP contribution in [0.1, 0.15) is 28.5 Å². The fourth-order valence-corrected chi connectivity index (χ4v) is 9.63. The van der Waals surface area contributed by atoms with E-state index in [0.29, 0.717) is 0 Å². The Morgan fingerprint density at radius 3 is 1.28 bits per heavy atom. The van der Waals surface area contributed by atoms with E-state index >= 15 is 0 Å². The van der Waals surface area contributed by atoms with Gasteiger partial charge in [0.05, 0.1) is 73.5 Å². The van der Waals surface area contributed by atoms with Gasteiger partial charge in [0.15, 0.2) is 0 Å². The third-order valence-electron chi connectivity index (χ3n) is 13.0. The lowest BCUT2D eigenvalue weighted by molar-refractivity contribution is 0.415. The van der Waals surface area contributed by atoms with Crippen LogP contribution in [0, 0.1) is 0 Å². The molecular formula is C59H44N6O4. The zero-order valence-corrected chi connectivity index (χ0v) is 38.2. The Hall–Kier alpha value is -9.15. The van der Waals surface area contributed by atoms with Crippen molar-refractivity contribution >= 4 is 62.4 Å². The predicted octanol–water partition coefficient (Wildman–Crippen LogP) is 13.6. The second-order valence-corrected chi connectivity index (χ2v) is 16.8. The zero-order valence-electron chi connectivity index (χ0n) is 38.2. The second-order valence-electron chi connectivity index (χ2n) is 16.8. The van der Waals surface area contributed by atoms with Crippen molar-refractivity contribution in [1.82, 2.24) is 29.3 Å². The highest BCUT2D eigenvalue weighted by Crippen LogP contribution is 2.44. The van der Waals surface area contributed by atoms with Crippen LogP contribution in [0.4, 0.5) is 0 Å². The van der Waals surface area contributed by atoms with Gasteiger partial charge in [0.2, 0.25) is 0 Å². The molecule has 2 N–H and O–H groups in total. The van der Waals surface area contributed by atoms with Crippen molar-refractivity contribution in [2.45, 2.75) is 0 Å². The summed E-state index contributed by atoms with van der Waals surface area (Å²) in [7, 11) is 6.73. The van der Waals surface area contributed by atoms with Crippen LogP contribution in [0.2, 0.25) is 0 Å². The molecule has 2 aliphatic heterocycles. The van der Waals surface area contributed by atoms with E-state index < -0.39 is 0 Å². The summed E-state index contributed by atoms with van der Waals surface area (Å²) in [5.74, 6) is 3.03. The molecule has 334 valence electrons. The highest BCUT2D eigenvalue weighted by atomic mass is 16.5. The lowest BCUT2D eigenvalue weighted by Crippen LogP contribution is -1.99. The Balaban J connectivity index is 1.28. The normalized spacial score (nSPS) is 12.1. The molecule has 10 nitrogen and oxygen atoms in total. The molecule has 69 heavy (non-hydrogen) atoms. The zero-order chi connectivity index (χ0) is 46.6. The Kier molecular flexibility index (Phi) is 10.1. The highest BCUT2D eigenvalue weighted by Gasteiger charge is 2.26. The van der Waals surface area contributed by atoms with Gasteiger partial charge in [0.1, 0.15) is 23.0 Å². The van der Waals surface area contributed by atoms with Crippen molar-refractivity contribution in [3.63, 3.8) is 0 Å². The van der Waals surface area contributed by atoms with Crippen LogP contribution in [0.3, 0.4) is 0 Å². The van der Waals surface area contributed by atoms with Crippen LogP contribution in [-0.2, 0) is 0 Å². The summed E-state index contributed by atoms with van der Waals surface area (Å²) in [6.45, 7) is 0. The molecule has 0 spiro atoms. The first-order valence-electron chi connectivity index (χ1n) is 22.6. The van der Waals surface area contributed by atoms with Crippen molar-refractivity contribution in [3.05, 3.63) is 192 Å². The van der Waals surface area contributed by atoms with E-state index in [1.165, 1.54) is 0 Å². The summed E-state index contributed by atoms with van der Waals surface area (Å²) in [6.07, 6.45) is 8.48. The van der Waals surface area contributed by atoms with Gasteiger partial charge < -0.3 is 33.3 Å². The Morgan fingerprint density at radius 1 is 0.377 bits per heavy atom. The average molecular weight is 901 g/mol. The van der Waals surface area contributed by atoms with Crippen molar-refractivity contribution in [3.8, 4) is 67.5 Å². The summed E-state index contributed by atoms with van der Waals surface area (Å²) in [5, 5.41) is 0. The van der Waals surface area contributed by atoms with Gasteiger partial charge in [-0.1, -0.05) is 60.7 Å². The molecular weight excluding hydrogens is 857 g/mol. The highest BCUT2D eigenvalue weighted by molar-refractivity contribution is 6.07. The number of hydrogen-bond donors (Lipinski definition) is 2. The molecule has 0 amide bonds. The molecule has 2 aliphatic rings. The smallest absolute Gasteiger partial charge is 0.118 e. The molecule has 0 radical (unpaired) electrons. The number of hydrogen-bond acceptors (Lipinski definition) is 7. The van der Waals surface area contributed by atoms with E-state index in [0.717, 1.165) is 140 Å². The quantitative estimate of drug-likeness (QED) is 0.148. The van der Waals surface area contributed by atoms with Crippen molar-refractivity contribution < 1.29 is 18.9 Å². The summed E-state index contributed by atoms with van der Waals surface area (Å²) in [6, 6.07) is 53.5. The van der Waals surface area contributed by atoms with Gasteiger partial charge in [-0.2, -0.15) is 0 Å². The Bertz CT molecular complexity index is 3860. The SMILES string of the molecule is COc1ccc(-c2c3nc(c(-c4ccc(OC)cc4)c4ccc([nH]4)c(-c4ccc(OC)cc4)c4nc(c(-c5ccc(OC)cc5)c5ccc2[nH]5)C=C4c2nc4ccccc4n4cccc24)C=C3)cc1. The first kappa shape index (κ1) is 41.3. The number of aromatic amines is 2. The minimum absolute atomic E-state index is 0.749. The van der Waals surface area contributed by atoms with Gasteiger partial charge in [0, 0.05) is 56.1 Å². The van der Waals surface area contributed by atoms with E-state index in [9.17, 15) is 0 Å². The fraction of sp³-hybridized carbons (Fsp3) is 0.0678. The monoisotopic (exact) mass is 900 g/mol. The summed E-state index contributed by atoms with van der Waals surface area (Å²) < 4.78 is 24.8. The predicted molar refractivity (Wildman–Crippen MR) is 278 cm³/mol. The molecule has 5 aromatic heterocycles. The average Bonchev–Trinajstić information content (AvgIpc) is 4.28. The van der Waals surface area contributed by atoms with Crippen molar-refractivity contribution in [1.29, 1.82) is 0 Å². The third kappa shape index (κ3) is 7.17. The molecule has 10 aromatic rings. The topological polar surface area (TPSA) is 112 Å². The number of aromatic nitrogens is 6.